The Hall–Kier alpha value is -2.83. The van der Waals surface area contributed by atoms with Crippen LogP contribution in [0.1, 0.15) is 26.4 Å². The van der Waals surface area contributed by atoms with Gasteiger partial charge in [0.1, 0.15) is 17.0 Å². The number of aromatic nitrogens is 2. The van der Waals surface area contributed by atoms with E-state index in [0.717, 1.165) is 11.8 Å². The van der Waals surface area contributed by atoms with Crippen molar-refractivity contribution in [1.29, 1.82) is 0 Å². The molecule has 2 aromatic rings. The molecule has 2 rings (SSSR count). The maximum absolute atomic E-state index is 11.0. The van der Waals surface area contributed by atoms with Gasteiger partial charge in [0.15, 0.2) is 5.69 Å². The standard InChI is InChI=1S/C13H12N2O5/c1-7-3-4-10(20-2)9(5-7)15-6-8(12(16)17)11(14-15)13(18)19/h3-6H,1-2H3,(H,16,17)(H,18,19). The lowest BCUT2D eigenvalue weighted by atomic mass is 10.2. The molecule has 7 heteroatoms. The molecule has 1 aromatic carbocycles. The average Bonchev–Trinajstić information content (AvgIpc) is 2.83. The summed E-state index contributed by atoms with van der Waals surface area (Å²) in [6.07, 6.45) is 1.16. The van der Waals surface area contributed by atoms with Crippen molar-refractivity contribution >= 4 is 11.9 Å². The van der Waals surface area contributed by atoms with Gasteiger partial charge in [-0.25, -0.2) is 14.3 Å². The van der Waals surface area contributed by atoms with E-state index in [-0.39, 0.29) is 5.56 Å². The third kappa shape index (κ3) is 2.33. The number of methoxy groups -OCH3 is 1. The average molecular weight is 276 g/mol. The molecule has 0 aliphatic heterocycles. The molecule has 0 unspecified atom stereocenters. The first-order valence-electron chi connectivity index (χ1n) is 5.65. The van der Waals surface area contributed by atoms with Crippen LogP contribution < -0.4 is 4.74 Å². The summed E-state index contributed by atoms with van der Waals surface area (Å²) in [6, 6.07) is 5.25. The third-order valence-electron chi connectivity index (χ3n) is 2.73. The molecule has 20 heavy (non-hydrogen) atoms. The molecular weight excluding hydrogens is 264 g/mol. The minimum absolute atomic E-state index is 0.374. The Bertz CT molecular complexity index is 659. The van der Waals surface area contributed by atoms with Crippen molar-refractivity contribution in [2.24, 2.45) is 0 Å². The number of aromatic carboxylic acids is 2. The summed E-state index contributed by atoms with van der Waals surface area (Å²) in [5.74, 6) is -2.28. The Morgan fingerprint density at radius 2 is 1.95 bits per heavy atom. The number of carboxylic acids is 2. The van der Waals surface area contributed by atoms with Crippen LogP contribution in [0.3, 0.4) is 0 Å². The molecule has 0 saturated carbocycles. The minimum Gasteiger partial charge on any atom is -0.494 e. The number of hydrogen-bond donors (Lipinski definition) is 2. The van der Waals surface area contributed by atoms with Gasteiger partial charge in [-0.05, 0) is 24.6 Å². The summed E-state index contributed by atoms with van der Waals surface area (Å²) in [6.45, 7) is 1.85. The number of rotatable bonds is 4. The molecule has 0 aliphatic carbocycles. The molecule has 0 saturated heterocycles. The van der Waals surface area contributed by atoms with Crippen LogP contribution in [0.2, 0.25) is 0 Å². The van der Waals surface area contributed by atoms with Crippen molar-refractivity contribution in [2.75, 3.05) is 7.11 Å². The first-order chi connectivity index (χ1) is 9.43. The van der Waals surface area contributed by atoms with E-state index in [0.29, 0.717) is 11.4 Å². The van der Waals surface area contributed by atoms with E-state index >= 15 is 0 Å². The van der Waals surface area contributed by atoms with Gasteiger partial charge in [0.05, 0.1) is 7.11 Å². The van der Waals surface area contributed by atoms with Gasteiger partial charge in [0.25, 0.3) is 0 Å². The smallest absolute Gasteiger partial charge is 0.357 e. The molecular formula is C13H12N2O5. The van der Waals surface area contributed by atoms with E-state index in [1.807, 2.05) is 13.0 Å². The normalized spacial score (nSPS) is 10.3. The second-order valence-corrected chi connectivity index (χ2v) is 4.12. The van der Waals surface area contributed by atoms with Crippen molar-refractivity contribution in [3.05, 3.63) is 41.2 Å². The molecule has 0 radical (unpaired) electrons. The fourth-order valence-electron chi connectivity index (χ4n) is 1.79. The molecule has 0 bridgehead atoms. The number of ether oxygens (including phenoxy) is 1. The van der Waals surface area contributed by atoms with E-state index < -0.39 is 17.6 Å². The monoisotopic (exact) mass is 276 g/mol. The molecule has 0 aliphatic rings. The van der Waals surface area contributed by atoms with Crippen LogP contribution in [-0.4, -0.2) is 39.0 Å². The van der Waals surface area contributed by atoms with Gasteiger partial charge >= 0.3 is 11.9 Å². The highest BCUT2D eigenvalue weighted by Crippen LogP contribution is 2.24. The zero-order valence-corrected chi connectivity index (χ0v) is 10.8. The van der Waals surface area contributed by atoms with Crippen LogP contribution in [0.4, 0.5) is 0 Å². The summed E-state index contributed by atoms with van der Waals surface area (Å²) < 4.78 is 6.36. The number of benzene rings is 1. The molecule has 7 nitrogen and oxygen atoms in total. The Morgan fingerprint density at radius 3 is 2.45 bits per heavy atom. The summed E-state index contributed by atoms with van der Waals surface area (Å²) in [7, 11) is 1.47. The maximum Gasteiger partial charge on any atom is 0.357 e. The van der Waals surface area contributed by atoms with E-state index in [4.69, 9.17) is 14.9 Å². The second kappa shape index (κ2) is 5.04. The van der Waals surface area contributed by atoms with Crippen LogP contribution in [-0.2, 0) is 0 Å². The predicted molar refractivity (Wildman–Crippen MR) is 68.8 cm³/mol. The van der Waals surface area contributed by atoms with Gasteiger partial charge in [-0.3, -0.25) is 0 Å². The second-order valence-electron chi connectivity index (χ2n) is 4.12. The third-order valence-corrected chi connectivity index (χ3v) is 2.73. The topological polar surface area (TPSA) is 102 Å². The number of carbonyl (C=O) groups is 2. The largest absolute Gasteiger partial charge is 0.494 e. The van der Waals surface area contributed by atoms with Crippen LogP contribution in [0.5, 0.6) is 5.75 Å². The molecule has 1 aromatic heterocycles. The van der Waals surface area contributed by atoms with Crippen molar-refractivity contribution in [3.8, 4) is 11.4 Å². The summed E-state index contributed by atoms with van der Waals surface area (Å²) in [5, 5.41) is 21.8. The van der Waals surface area contributed by atoms with Crippen LogP contribution in [0.15, 0.2) is 24.4 Å². The first kappa shape index (κ1) is 13.6. The highest BCUT2D eigenvalue weighted by atomic mass is 16.5. The van der Waals surface area contributed by atoms with E-state index in [1.54, 1.807) is 12.1 Å². The fourth-order valence-corrected chi connectivity index (χ4v) is 1.79. The lowest BCUT2D eigenvalue weighted by Crippen LogP contribution is -2.06. The highest BCUT2D eigenvalue weighted by Gasteiger charge is 2.22. The Kier molecular flexibility index (Phi) is 3.43. The fraction of sp³-hybridized carbons (Fsp3) is 0.154. The van der Waals surface area contributed by atoms with Crippen molar-refractivity contribution in [2.45, 2.75) is 6.92 Å². The molecule has 0 amide bonds. The zero-order valence-electron chi connectivity index (χ0n) is 10.8. The number of carboxylic acid groups (broad SMARTS) is 2. The van der Waals surface area contributed by atoms with E-state index in [9.17, 15) is 9.59 Å². The van der Waals surface area contributed by atoms with Crippen LogP contribution in [0.25, 0.3) is 5.69 Å². The van der Waals surface area contributed by atoms with Crippen LogP contribution >= 0.6 is 0 Å². The molecule has 0 fully saturated rings. The SMILES string of the molecule is COc1ccc(C)cc1-n1cc(C(=O)O)c(C(=O)O)n1. The van der Waals surface area contributed by atoms with Gasteiger partial charge in [0.2, 0.25) is 0 Å². The minimum atomic E-state index is -1.40. The lowest BCUT2D eigenvalue weighted by Gasteiger charge is -2.08. The Labute approximate surface area is 114 Å². The number of aryl methyl sites for hydroxylation is 1. The van der Waals surface area contributed by atoms with Crippen molar-refractivity contribution in [3.63, 3.8) is 0 Å². The van der Waals surface area contributed by atoms with Crippen molar-refractivity contribution < 1.29 is 24.5 Å². The lowest BCUT2D eigenvalue weighted by molar-refractivity contribution is 0.0648. The quantitative estimate of drug-likeness (QED) is 0.879. The van der Waals surface area contributed by atoms with Gasteiger partial charge < -0.3 is 14.9 Å². The van der Waals surface area contributed by atoms with E-state index in [1.165, 1.54) is 11.8 Å². The summed E-state index contributed by atoms with van der Waals surface area (Å²) >= 11 is 0. The Balaban J connectivity index is 2.65. The van der Waals surface area contributed by atoms with Crippen molar-refractivity contribution in [1.82, 2.24) is 9.78 Å². The van der Waals surface area contributed by atoms with Crippen LogP contribution in [0, 0.1) is 6.92 Å². The Morgan fingerprint density at radius 1 is 1.25 bits per heavy atom. The molecule has 0 atom stereocenters. The maximum atomic E-state index is 11.0. The van der Waals surface area contributed by atoms with Gasteiger partial charge in [-0.15, -0.1) is 0 Å². The number of nitrogens with zero attached hydrogens (tertiary/aromatic N) is 2. The summed E-state index contributed by atoms with van der Waals surface area (Å²) in [5.41, 5.74) is 0.495. The molecule has 1 heterocycles. The first-order valence-corrected chi connectivity index (χ1v) is 5.65. The molecule has 104 valence electrons. The van der Waals surface area contributed by atoms with Gasteiger partial charge in [0, 0.05) is 6.20 Å². The zero-order chi connectivity index (χ0) is 14.9. The molecule has 2 N–H and O–H groups in total. The van der Waals surface area contributed by atoms with Gasteiger partial charge in [-0.1, -0.05) is 6.07 Å². The highest BCUT2D eigenvalue weighted by molar-refractivity contribution is 6.00. The van der Waals surface area contributed by atoms with E-state index in [2.05, 4.69) is 5.10 Å². The van der Waals surface area contributed by atoms with Gasteiger partial charge in [-0.2, -0.15) is 5.10 Å². The summed E-state index contributed by atoms with van der Waals surface area (Å²) in [4.78, 5) is 22.1. The molecule has 0 spiro atoms. The predicted octanol–water partition coefficient (Wildman–Crippen LogP) is 1.59. The number of hydrogen-bond acceptors (Lipinski definition) is 4.